The Morgan fingerprint density at radius 1 is 1.06 bits per heavy atom. The van der Waals surface area contributed by atoms with Crippen LogP contribution in [-0.2, 0) is 16.1 Å². The summed E-state index contributed by atoms with van der Waals surface area (Å²) < 4.78 is 10.6. The van der Waals surface area contributed by atoms with E-state index in [1.165, 1.54) is 13.2 Å². The highest BCUT2D eigenvalue weighted by molar-refractivity contribution is 6.30. The summed E-state index contributed by atoms with van der Waals surface area (Å²) in [4.78, 5) is 27.6. The zero-order valence-corrected chi connectivity index (χ0v) is 18.8. The number of nitrogens with two attached hydrogens (primary N) is 1. The molecule has 0 bridgehead atoms. The molecule has 0 aliphatic rings. The zero-order chi connectivity index (χ0) is 22.8. The molecule has 2 rings (SSSR count). The summed E-state index contributed by atoms with van der Waals surface area (Å²) >= 11 is 5.96. The maximum atomic E-state index is 12.9. The van der Waals surface area contributed by atoms with Gasteiger partial charge in [-0.15, -0.1) is 0 Å². The van der Waals surface area contributed by atoms with Gasteiger partial charge in [0.15, 0.2) is 18.1 Å². The van der Waals surface area contributed by atoms with Gasteiger partial charge >= 0.3 is 0 Å². The Morgan fingerprint density at radius 3 is 2.39 bits per heavy atom. The predicted octanol–water partition coefficient (Wildman–Crippen LogP) is 2.82. The molecule has 0 fully saturated rings. The van der Waals surface area contributed by atoms with Crippen molar-refractivity contribution >= 4 is 29.5 Å². The van der Waals surface area contributed by atoms with Crippen LogP contribution in [0.4, 0.5) is 0 Å². The van der Waals surface area contributed by atoms with Gasteiger partial charge in [0.2, 0.25) is 5.91 Å². The van der Waals surface area contributed by atoms with E-state index in [2.05, 4.69) is 0 Å². The minimum absolute atomic E-state index is 0.107. The van der Waals surface area contributed by atoms with Crippen molar-refractivity contribution in [2.24, 2.45) is 5.73 Å². The molecule has 0 saturated heterocycles. The van der Waals surface area contributed by atoms with E-state index in [0.29, 0.717) is 29.6 Å². The van der Waals surface area contributed by atoms with Crippen LogP contribution in [-0.4, -0.2) is 62.5 Å². The van der Waals surface area contributed by atoms with Gasteiger partial charge in [-0.25, -0.2) is 0 Å². The van der Waals surface area contributed by atoms with Crippen LogP contribution in [0, 0.1) is 0 Å². The first-order valence-corrected chi connectivity index (χ1v) is 10.1. The molecule has 0 aliphatic carbocycles. The van der Waals surface area contributed by atoms with Gasteiger partial charge in [0, 0.05) is 30.7 Å². The number of primary amides is 1. The third kappa shape index (κ3) is 8.32. The van der Waals surface area contributed by atoms with Crippen molar-refractivity contribution in [2.75, 3.05) is 40.9 Å². The smallest absolute Gasteiger partial charge is 0.255 e. The summed E-state index contributed by atoms with van der Waals surface area (Å²) in [6, 6.07) is 12.6. The Balaban J connectivity index is 2.13. The predicted molar refractivity (Wildman–Crippen MR) is 122 cm³/mol. The third-order valence-corrected chi connectivity index (χ3v) is 4.64. The summed E-state index contributed by atoms with van der Waals surface area (Å²) in [6.45, 7) is 1.57. The number of benzene rings is 2. The van der Waals surface area contributed by atoms with Crippen LogP contribution < -0.4 is 15.2 Å². The Kier molecular flexibility index (Phi) is 9.37. The minimum atomic E-state index is -0.574. The highest BCUT2D eigenvalue weighted by Gasteiger charge is 2.12. The first-order valence-electron chi connectivity index (χ1n) is 9.73. The average molecular weight is 446 g/mol. The van der Waals surface area contributed by atoms with Crippen molar-refractivity contribution in [3.05, 3.63) is 64.7 Å². The molecular weight excluding hydrogens is 418 g/mol. The second-order valence-corrected chi connectivity index (χ2v) is 7.62. The third-order valence-electron chi connectivity index (χ3n) is 4.39. The molecule has 0 atom stereocenters. The molecule has 0 radical (unpaired) electrons. The number of hydrogen-bond acceptors (Lipinski definition) is 5. The lowest BCUT2D eigenvalue weighted by Gasteiger charge is -2.23. The summed E-state index contributed by atoms with van der Waals surface area (Å²) in [5.41, 5.74) is 6.87. The number of methoxy groups -OCH3 is 1. The largest absolute Gasteiger partial charge is 0.493 e. The summed E-state index contributed by atoms with van der Waals surface area (Å²) in [5.74, 6) is 0.168. The highest BCUT2D eigenvalue weighted by Crippen LogP contribution is 2.28. The number of hydrogen-bond donors (Lipinski definition) is 1. The van der Waals surface area contributed by atoms with E-state index in [1.54, 1.807) is 29.2 Å². The fourth-order valence-electron chi connectivity index (χ4n) is 2.73. The molecule has 0 spiro atoms. The number of carbonyl (C=O) groups is 2. The van der Waals surface area contributed by atoms with Crippen LogP contribution in [0.3, 0.4) is 0 Å². The van der Waals surface area contributed by atoms with Gasteiger partial charge < -0.3 is 25.0 Å². The van der Waals surface area contributed by atoms with Gasteiger partial charge in [-0.2, -0.15) is 0 Å². The molecule has 2 amide bonds. The number of halogens is 1. The quantitative estimate of drug-likeness (QED) is 0.537. The first kappa shape index (κ1) is 24.2. The molecule has 31 heavy (non-hydrogen) atoms. The molecule has 8 heteroatoms. The van der Waals surface area contributed by atoms with Crippen molar-refractivity contribution in [3.63, 3.8) is 0 Å². The fourth-order valence-corrected chi connectivity index (χ4v) is 2.85. The van der Waals surface area contributed by atoms with Crippen molar-refractivity contribution in [1.29, 1.82) is 0 Å². The average Bonchev–Trinajstić information content (AvgIpc) is 2.74. The monoisotopic (exact) mass is 445 g/mol. The van der Waals surface area contributed by atoms with Crippen LogP contribution in [0.1, 0.15) is 11.1 Å². The van der Waals surface area contributed by atoms with Gasteiger partial charge in [-0.3, -0.25) is 9.59 Å². The van der Waals surface area contributed by atoms with Gasteiger partial charge in [-0.05, 0) is 55.6 Å². The molecule has 7 nitrogen and oxygen atoms in total. The summed E-state index contributed by atoms with van der Waals surface area (Å²) in [5, 5.41) is 0.659. The van der Waals surface area contributed by atoms with Crippen molar-refractivity contribution in [3.8, 4) is 11.5 Å². The van der Waals surface area contributed by atoms with Crippen LogP contribution in [0.5, 0.6) is 11.5 Å². The Bertz CT molecular complexity index is 914. The molecular formula is C23H28ClN3O4. The lowest BCUT2D eigenvalue weighted by atomic mass is 10.1. The summed E-state index contributed by atoms with van der Waals surface area (Å²) in [6.07, 6.45) is 3.25. The Hall–Kier alpha value is -3.03. The molecule has 0 aromatic heterocycles. The van der Waals surface area contributed by atoms with Crippen LogP contribution in [0.15, 0.2) is 48.5 Å². The van der Waals surface area contributed by atoms with Crippen LogP contribution in [0.25, 0.3) is 6.08 Å². The second kappa shape index (κ2) is 12.0. The fraction of sp³-hybridized carbons (Fsp3) is 0.304. The molecule has 0 heterocycles. The molecule has 0 unspecified atom stereocenters. The molecule has 0 aliphatic heterocycles. The highest BCUT2D eigenvalue weighted by atomic mass is 35.5. The van der Waals surface area contributed by atoms with E-state index in [0.717, 1.165) is 17.7 Å². The molecule has 166 valence electrons. The lowest BCUT2D eigenvalue weighted by molar-refractivity contribution is -0.126. The van der Waals surface area contributed by atoms with E-state index in [-0.39, 0.29) is 12.5 Å². The molecule has 0 saturated carbocycles. The van der Waals surface area contributed by atoms with Gasteiger partial charge in [0.25, 0.3) is 5.91 Å². The topological polar surface area (TPSA) is 85.1 Å². The number of amides is 2. The number of carbonyl (C=O) groups excluding carboxylic acids is 2. The minimum Gasteiger partial charge on any atom is -0.493 e. The maximum Gasteiger partial charge on any atom is 0.255 e. The van der Waals surface area contributed by atoms with Crippen LogP contribution >= 0.6 is 11.6 Å². The van der Waals surface area contributed by atoms with Crippen LogP contribution in [0.2, 0.25) is 5.02 Å². The second-order valence-electron chi connectivity index (χ2n) is 7.19. The van der Waals surface area contributed by atoms with Gasteiger partial charge in [0.05, 0.1) is 7.11 Å². The van der Waals surface area contributed by atoms with Gasteiger partial charge in [0.1, 0.15) is 0 Å². The SMILES string of the molecule is COc1cc(/C=C/C(=O)N(CCN(C)C)Cc2ccc(Cl)cc2)ccc1OCC(N)=O. The van der Waals surface area contributed by atoms with E-state index >= 15 is 0 Å². The lowest BCUT2D eigenvalue weighted by Crippen LogP contribution is -2.35. The van der Waals surface area contributed by atoms with E-state index in [1.807, 2.05) is 43.3 Å². The Labute approximate surface area is 188 Å². The molecule has 2 aromatic rings. The number of likely N-dealkylation sites (N-methyl/N-ethyl adjacent to an activating group) is 1. The van der Waals surface area contributed by atoms with Crippen molar-refractivity contribution in [2.45, 2.75) is 6.54 Å². The summed E-state index contributed by atoms with van der Waals surface area (Å²) in [7, 11) is 5.43. The number of ether oxygens (including phenoxy) is 2. The normalized spacial score (nSPS) is 11.0. The Morgan fingerprint density at radius 2 is 1.77 bits per heavy atom. The maximum absolute atomic E-state index is 12.9. The zero-order valence-electron chi connectivity index (χ0n) is 18.0. The molecule has 2 aromatic carbocycles. The number of rotatable bonds is 11. The van der Waals surface area contributed by atoms with E-state index in [9.17, 15) is 9.59 Å². The van der Waals surface area contributed by atoms with Crippen molar-refractivity contribution in [1.82, 2.24) is 9.80 Å². The number of nitrogens with zero attached hydrogens (tertiary/aromatic N) is 2. The standard InChI is InChI=1S/C23H28ClN3O4/c1-26(2)12-13-27(15-18-4-8-19(24)9-5-18)23(29)11-7-17-6-10-20(21(14-17)30-3)31-16-22(25)28/h4-11,14H,12-13,15-16H2,1-3H3,(H2,25,28)/b11-7+. The van der Waals surface area contributed by atoms with E-state index < -0.39 is 5.91 Å². The first-order chi connectivity index (χ1) is 14.8. The van der Waals surface area contributed by atoms with Gasteiger partial charge in [-0.1, -0.05) is 29.8 Å². The van der Waals surface area contributed by atoms with E-state index in [4.69, 9.17) is 26.8 Å². The molecule has 2 N–H and O–H groups in total. The van der Waals surface area contributed by atoms with Crippen molar-refractivity contribution < 1.29 is 19.1 Å².